The molecule has 3 rings (SSSR count). The van der Waals surface area contributed by atoms with Gasteiger partial charge in [-0.1, -0.05) is 0 Å². The molecular weight excluding hydrogens is 469 g/mol. The smallest absolute Gasteiger partial charge is 0.225 e. The molecule has 0 spiro atoms. The Morgan fingerprint density at radius 2 is 1.93 bits per heavy atom. The maximum absolute atomic E-state index is 5.36. The lowest BCUT2D eigenvalue weighted by Crippen LogP contribution is -2.47. The number of hydrogen-bond acceptors (Lipinski definition) is 6. The highest BCUT2D eigenvalue weighted by Gasteiger charge is 2.18. The molecule has 0 radical (unpaired) electrons. The van der Waals surface area contributed by atoms with Crippen molar-refractivity contribution < 1.29 is 4.42 Å². The molecular formula is C19H30IN7O. The molecule has 2 N–H and O–H groups in total. The monoisotopic (exact) mass is 499 g/mol. The molecule has 0 saturated carbocycles. The number of rotatable bonds is 8. The number of hydrogen-bond donors (Lipinski definition) is 2. The van der Waals surface area contributed by atoms with Crippen LogP contribution in [-0.4, -0.2) is 73.2 Å². The van der Waals surface area contributed by atoms with E-state index in [1.807, 2.05) is 18.2 Å². The van der Waals surface area contributed by atoms with Crippen LogP contribution in [0.25, 0.3) is 0 Å². The minimum absolute atomic E-state index is 0. The summed E-state index contributed by atoms with van der Waals surface area (Å²) in [7, 11) is 0. The summed E-state index contributed by atoms with van der Waals surface area (Å²) in [6, 6.07) is 5.76. The first-order chi connectivity index (χ1) is 13.3. The van der Waals surface area contributed by atoms with Gasteiger partial charge in [0.1, 0.15) is 5.76 Å². The Kier molecular flexibility index (Phi) is 10.0. The number of furan rings is 1. The summed E-state index contributed by atoms with van der Waals surface area (Å²) in [4.78, 5) is 18.0. The van der Waals surface area contributed by atoms with E-state index in [9.17, 15) is 0 Å². The molecule has 0 unspecified atom stereocenters. The Morgan fingerprint density at radius 1 is 1.14 bits per heavy atom. The highest BCUT2D eigenvalue weighted by Crippen LogP contribution is 2.09. The molecule has 8 nitrogen and oxygen atoms in total. The van der Waals surface area contributed by atoms with Gasteiger partial charge in [-0.05, 0) is 25.1 Å². The first kappa shape index (κ1) is 22.4. The van der Waals surface area contributed by atoms with E-state index in [2.05, 4.69) is 42.3 Å². The fraction of sp³-hybridized carbons (Fsp3) is 0.526. The van der Waals surface area contributed by atoms with Gasteiger partial charge in [-0.2, -0.15) is 0 Å². The minimum atomic E-state index is 0. The summed E-state index contributed by atoms with van der Waals surface area (Å²) in [6.45, 7) is 9.39. The van der Waals surface area contributed by atoms with E-state index in [0.717, 1.165) is 76.4 Å². The van der Waals surface area contributed by atoms with Crippen LogP contribution in [0.3, 0.4) is 0 Å². The number of anilines is 1. The highest BCUT2D eigenvalue weighted by atomic mass is 127. The largest absolute Gasteiger partial charge is 0.469 e. The van der Waals surface area contributed by atoms with Crippen molar-refractivity contribution >= 4 is 35.9 Å². The van der Waals surface area contributed by atoms with E-state index in [4.69, 9.17) is 4.42 Å². The van der Waals surface area contributed by atoms with Gasteiger partial charge in [-0.25, -0.2) is 9.97 Å². The molecule has 2 aromatic heterocycles. The predicted octanol–water partition coefficient (Wildman–Crippen LogP) is 1.61. The van der Waals surface area contributed by atoms with E-state index < -0.39 is 0 Å². The molecule has 28 heavy (non-hydrogen) atoms. The summed E-state index contributed by atoms with van der Waals surface area (Å²) in [5, 5.41) is 6.65. The molecule has 0 bridgehead atoms. The topological polar surface area (TPSA) is 81.8 Å². The molecule has 2 aromatic rings. The zero-order valence-corrected chi connectivity index (χ0v) is 18.7. The van der Waals surface area contributed by atoms with E-state index in [0.29, 0.717) is 0 Å². The van der Waals surface area contributed by atoms with Gasteiger partial charge < -0.3 is 20.0 Å². The second-order valence-electron chi connectivity index (χ2n) is 6.39. The third-order valence-corrected chi connectivity index (χ3v) is 4.48. The van der Waals surface area contributed by atoms with Crippen molar-refractivity contribution in [1.29, 1.82) is 0 Å². The van der Waals surface area contributed by atoms with Crippen LogP contribution < -0.4 is 15.5 Å². The van der Waals surface area contributed by atoms with Crippen molar-refractivity contribution in [2.45, 2.75) is 13.3 Å². The van der Waals surface area contributed by atoms with Crippen LogP contribution in [0.4, 0.5) is 5.95 Å². The number of nitrogens with zero attached hydrogens (tertiary/aromatic N) is 5. The third kappa shape index (κ3) is 7.27. The van der Waals surface area contributed by atoms with Gasteiger partial charge in [-0.15, -0.1) is 24.0 Å². The highest BCUT2D eigenvalue weighted by molar-refractivity contribution is 14.0. The lowest BCUT2D eigenvalue weighted by molar-refractivity contribution is 0.263. The molecule has 1 saturated heterocycles. The first-order valence-corrected chi connectivity index (χ1v) is 9.64. The molecule has 0 amide bonds. The number of guanidine groups is 1. The van der Waals surface area contributed by atoms with Crippen LogP contribution >= 0.6 is 24.0 Å². The molecule has 9 heteroatoms. The number of aromatic nitrogens is 2. The van der Waals surface area contributed by atoms with Crippen LogP contribution in [0.5, 0.6) is 0 Å². The lowest BCUT2D eigenvalue weighted by atomic mass is 10.3. The second kappa shape index (κ2) is 12.6. The van der Waals surface area contributed by atoms with Gasteiger partial charge in [0.05, 0.1) is 12.8 Å². The summed E-state index contributed by atoms with van der Waals surface area (Å²) < 4.78 is 5.36. The van der Waals surface area contributed by atoms with Crippen molar-refractivity contribution in [2.75, 3.05) is 57.3 Å². The number of halogens is 1. The fourth-order valence-corrected chi connectivity index (χ4v) is 3.03. The van der Waals surface area contributed by atoms with Crippen LogP contribution in [-0.2, 0) is 6.42 Å². The van der Waals surface area contributed by atoms with Crippen molar-refractivity contribution in [3.05, 3.63) is 42.6 Å². The summed E-state index contributed by atoms with van der Waals surface area (Å²) >= 11 is 0. The van der Waals surface area contributed by atoms with E-state index in [-0.39, 0.29) is 24.0 Å². The number of aliphatic imine (C=N–C) groups is 1. The molecule has 0 atom stereocenters. The molecule has 0 aliphatic carbocycles. The lowest BCUT2D eigenvalue weighted by Gasteiger charge is -2.34. The maximum atomic E-state index is 5.36. The first-order valence-electron chi connectivity index (χ1n) is 9.64. The standard InChI is InChI=1S/C19H29N7O.HI/c1-2-20-18(21-9-6-17-5-3-16-27-17)22-10-11-25-12-14-26(15-13-25)19-23-7-4-8-24-19;/h3-5,7-8,16H,2,6,9-15H2,1H3,(H2,20,21,22);1H. The van der Waals surface area contributed by atoms with Crippen LogP contribution in [0, 0.1) is 0 Å². The Bertz CT molecular complexity index is 673. The Morgan fingerprint density at radius 3 is 2.61 bits per heavy atom. The van der Waals surface area contributed by atoms with E-state index >= 15 is 0 Å². The molecule has 1 aliphatic rings. The maximum Gasteiger partial charge on any atom is 0.225 e. The summed E-state index contributed by atoms with van der Waals surface area (Å²) in [6.07, 6.45) is 6.15. The zero-order valence-electron chi connectivity index (χ0n) is 16.4. The molecule has 0 aromatic carbocycles. The predicted molar refractivity (Wildman–Crippen MR) is 122 cm³/mol. The van der Waals surface area contributed by atoms with Crippen LogP contribution in [0.15, 0.2) is 46.3 Å². The second-order valence-corrected chi connectivity index (χ2v) is 6.39. The summed E-state index contributed by atoms with van der Waals surface area (Å²) in [5.41, 5.74) is 0. The van der Waals surface area contributed by atoms with Gasteiger partial charge in [-0.3, -0.25) is 9.89 Å². The Balaban J connectivity index is 0.00000280. The average molecular weight is 499 g/mol. The van der Waals surface area contributed by atoms with Crippen LogP contribution in [0.1, 0.15) is 12.7 Å². The van der Waals surface area contributed by atoms with E-state index in [1.165, 1.54) is 0 Å². The fourth-order valence-electron chi connectivity index (χ4n) is 3.03. The van der Waals surface area contributed by atoms with Gasteiger partial charge in [0.15, 0.2) is 5.96 Å². The molecule has 3 heterocycles. The van der Waals surface area contributed by atoms with Crippen molar-refractivity contribution in [2.24, 2.45) is 4.99 Å². The minimum Gasteiger partial charge on any atom is -0.469 e. The van der Waals surface area contributed by atoms with Gasteiger partial charge in [0.25, 0.3) is 0 Å². The number of nitrogens with one attached hydrogen (secondary N) is 2. The normalized spacial score (nSPS) is 15.2. The van der Waals surface area contributed by atoms with Gasteiger partial charge in [0.2, 0.25) is 5.95 Å². The SMILES string of the molecule is CCNC(=NCCN1CCN(c2ncccn2)CC1)NCCc1ccco1.I. The van der Waals surface area contributed by atoms with Gasteiger partial charge in [0, 0.05) is 64.6 Å². The van der Waals surface area contributed by atoms with E-state index in [1.54, 1.807) is 18.7 Å². The quantitative estimate of drug-likeness (QED) is 0.325. The van der Waals surface area contributed by atoms with Crippen molar-refractivity contribution in [3.8, 4) is 0 Å². The molecule has 154 valence electrons. The van der Waals surface area contributed by atoms with Crippen molar-refractivity contribution in [3.63, 3.8) is 0 Å². The average Bonchev–Trinajstić information content (AvgIpc) is 3.23. The Hall–Kier alpha value is -1.88. The summed E-state index contributed by atoms with van der Waals surface area (Å²) in [5.74, 6) is 2.67. The van der Waals surface area contributed by atoms with Crippen molar-refractivity contribution in [1.82, 2.24) is 25.5 Å². The molecule has 1 aliphatic heterocycles. The molecule has 1 fully saturated rings. The van der Waals surface area contributed by atoms with Crippen LogP contribution in [0.2, 0.25) is 0 Å². The third-order valence-electron chi connectivity index (χ3n) is 4.48. The number of piperazine rings is 1. The zero-order chi connectivity index (χ0) is 18.7. The van der Waals surface area contributed by atoms with Gasteiger partial charge >= 0.3 is 0 Å². The Labute approximate surface area is 183 Å².